The van der Waals surface area contributed by atoms with Crippen molar-refractivity contribution in [3.05, 3.63) is 11.6 Å². The van der Waals surface area contributed by atoms with Gasteiger partial charge < -0.3 is 9.64 Å². The lowest BCUT2D eigenvalue weighted by Gasteiger charge is -2.35. The number of methoxy groups -OCH3 is 1. The van der Waals surface area contributed by atoms with Crippen molar-refractivity contribution in [2.45, 2.75) is 45.9 Å². The number of hydrogen-bond acceptors (Lipinski definition) is 2. The zero-order chi connectivity index (χ0) is 15.3. The van der Waals surface area contributed by atoms with E-state index in [1.165, 1.54) is 0 Å². The van der Waals surface area contributed by atoms with E-state index in [-0.39, 0.29) is 11.3 Å². The number of ether oxygens (including phenoxy) is 1. The van der Waals surface area contributed by atoms with Gasteiger partial charge in [-0.1, -0.05) is 26.8 Å². The van der Waals surface area contributed by atoms with Gasteiger partial charge in [-0.25, -0.2) is 0 Å². The number of halogens is 1. The van der Waals surface area contributed by atoms with Crippen molar-refractivity contribution in [3.63, 3.8) is 0 Å². The van der Waals surface area contributed by atoms with Gasteiger partial charge in [0.05, 0.1) is 6.61 Å². The molecule has 1 aliphatic rings. The predicted octanol–water partition coefficient (Wildman–Crippen LogP) is 3.47. The van der Waals surface area contributed by atoms with Gasteiger partial charge in [0.1, 0.15) is 5.38 Å². The third kappa shape index (κ3) is 4.78. The van der Waals surface area contributed by atoms with Gasteiger partial charge in [-0.3, -0.25) is 4.79 Å². The smallest absolute Gasteiger partial charge is 0.244 e. The van der Waals surface area contributed by atoms with E-state index in [4.69, 9.17) is 16.3 Å². The van der Waals surface area contributed by atoms with Crippen molar-refractivity contribution < 1.29 is 9.53 Å². The largest absolute Gasteiger partial charge is 0.383 e. The minimum absolute atomic E-state index is 0.00219. The lowest BCUT2D eigenvalue weighted by molar-refractivity contribution is -0.130. The highest BCUT2D eigenvalue weighted by Gasteiger charge is 2.33. The van der Waals surface area contributed by atoms with Crippen LogP contribution in [0, 0.1) is 11.3 Å². The normalized spacial score (nSPS) is 23.1. The molecule has 1 rings (SSSR count). The van der Waals surface area contributed by atoms with Crippen molar-refractivity contribution in [2.75, 3.05) is 26.8 Å². The van der Waals surface area contributed by atoms with E-state index < -0.39 is 5.38 Å². The number of rotatable bonds is 6. The van der Waals surface area contributed by atoms with Gasteiger partial charge in [0.25, 0.3) is 0 Å². The van der Waals surface area contributed by atoms with Crippen LogP contribution in [0.4, 0.5) is 0 Å². The van der Waals surface area contributed by atoms with E-state index in [2.05, 4.69) is 26.8 Å². The van der Waals surface area contributed by atoms with E-state index in [1.807, 2.05) is 6.92 Å². The van der Waals surface area contributed by atoms with Gasteiger partial charge in [0.2, 0.25) is 5.91 Å². The van der Waals surface area contributed by atoms with Crippen molar-refractivity contribution in [2.24, 2.45) is 11.3 Å². The fourth-order valence-electron chi connectivity index (χ4n) is 3.10. The minimum atomic E-state index is -0.533. The molecule has 116 valence electrons. The molecular weight excluding hydrogens is 274 g/mol. The summed E-state index contributed by atoms with van der Waals surface area (Å²) in [6.07, 6.45) is 4.24. The molecule has 2 unspecified atom stereocenters. The van der Waals surface area contributed by atoms with Gasteiger partial charge in [-0.05, 0) is 36.7 Å². The SMILES string of the molecule is CCN(CCOC)C(=O)C(Cl)C1=CC(C)CC(C)(C)C1. The first-order valence-electron chi connectivity index (χ1n) is 7.43. The number of hydrogen-bond donors (Lipinski definition) is 0. The number of carbonyl (C=O) groups excluding carboxylic acids is 1. The van der Waals surface area contributed by atoms with Crippen molar-refractivity contribution in [1.29, 1.82) is 0 Å². The van der Waals surface area contributed by atoms with Crippen LogP contribution in [0.25, 0.3) is 0 Å². The summed E-state index contributed by atoms with van der Waals surface area (Å²) in [4.78, 5) is 14.3. The molecule has 2 atom stereocenters. The standard InChI is InChI=1S/C16H28ClNO2/c1-6-18(7-8-20-5)15(19)14(17)13-9-12(2)10-16(3,4)11-13/h9,12,14H,6-8,10-11H2,1-5H3. The molecule has 0 aromatic rings. The van der Waals surface area contributed by atoms with Crippen molar-refractivity contribution in [3.8, 4) is 0 Å². The molecule has 4 heteroatoms. The molecule has 0 saturated carbocycles. The molecule has 0 radical (unpaired) electrons. The molecule has 0 bridgehead atoms. The molecule has 0 aliphatic heterocycles. The lowest BCUT2D eigenvalue weighted by atomic mass is 9.72. The van der Waals surface area contributed by atoms with Crippen molar-refractivity contribution >= 4 is 17.5 Å². The Labute approximate surface area is 128 Å². The zero-order valence-corrected chi connectivity index (χ0v) is 14.2. The van der Waals surface area contributed by atoms with Crippen LogP contribution in [0.5, 0.6) is 0 Å². The van der Waals surface area contributed by atoms with E-state index in [0.29, 0.717) is 25.6 Å². The van der Waals surface area contributed by atoms with Crippen LogP contribution in [-0.4, -0.2) is 43.0 Å². The topological polar surface area (TPSA) is 29.5 Å². The lowest BCUT2D eigenvalue weighted by Crippen LogP contribution is -2.40. The first-order chi connectivity index (χ1) is 9.30. The minimum Gasteiger partial charge on any atom is -0.383 e. The number of carbonyl (C=O) groups is 1. The highest BCUT2D eigenvalue weighted by atomic mass is 35.5. The summed E-state index contributed by atoms with van der Waals surface area (Å²) in [7, 11) is 1.64. The summed E-state index contributed by atoms with van der Waals surface area (Å²) in [6.45, 7) is 10.5. The Morgan fingerprint density at radius 1 is 1.60 bits per heavy atom. The van der Waals surface area contributed by atoms with E-state index in [9.17, 15) is 4.79 Å². The molecule has 0 aromatic carbocycles. The average Bonchev–Trinajstić information content (AvgIpc) is 2.36. The third-order valence-corrected chi connectivity index (χ3v) is 4.32. The summed E-state index contributed by atoms with van der Waals surface area (Å²) in [5, 5.41) is -0.533. The molecule has 3 nitrogen and oxygen atoms in total. The van der Waals surface area contributed by atoms with Gasteiger partial charge >= 0.3 is 0 Å². The molecule has 1 amide bonds. The van der Waals surface area contributed by atoms with Crippen LogP contribution in [0.3, 0.4) is 0 Å². The molecule has 0 fully saturated rings. The van der Waals surface area contributed by atoms with Gasteiger partial charge in [-0.2, -0.15) is 0 Å². The van der Waals surface area contributed by atoms with E-state index >= 15 is 0 Å². The van der Waals surface area contributed by atoms with Gasteiger partial charge in [0, 0.05) is 20.2 Å². The molecule has 0 heterocycles. The van der Waals surface area contributed by atoms with E-state index in [1.54, 1.807) is 12.0 Å². The molecule has 0 spiro atoms. The second-order valence-electron chi connectivity index (χ2n) is 6.54. The maximum Gasteiger partial charge on any atom is 0.244 e. The predicted molar refractivity (Wildman–Crippen MR) is 84.0 cm³/mol. The summed E-state index contributed by atoms with van der Waals surface area (Å²) >= 11 is 6.45. The summed E-state index contributed by atoms with van der Waals surface area (Å²) in [5.41, 5.74) is 1.30. The van der Waals surface area contributed by atoms with Crippen LogP contribution in [0.1, 0.15) is 40.5 Å². The fraction of sp³-hybridized carbons (Fsp3) is 0.812. The number of allylic oxidation sites excluding steroid dienone is 1. The number of likely N-dealkylation sites (N-methyl/N-ethyl adjacent to an activating group) is 1. The van der Waals surface area contributed by atoms with Crippen LogP contribution < -0.4 is 0 Å². The fourth-order valence-corrected chi connectivity index (χ4v) is 3.39. The Morgan fingerprint density at radius 3 is 2.75 bits per heavy atom. The van der Waals surface area contributed by atoms with Crippen LogP contribution in [-0.2, 0) is 9.53 Å². The Hall–Kier alpha value is -0.540. The Morgan fingerprint density at radius 2 is 2.25 bits per heavy atom. The zero-order valence-electron chi connectivity index (χ0n) is 13.4. The Bertz CT molecular complexity index is 365. The quantitative estimate of drug-likeness (QED) is 0.555. The maximum absolute atomic E-state index is 12.5. The van der Waals surface area contributed by atoms with E-state index in [0.717, 1.165) is 18.4 Å². The summed E-state index contributed by atoms with van der Waals surface area (Å²) in [5.74, 6) is 0.485. The number of alkyl halides is 1. The van der Waals surface area contributed by atoms with Crippen LogP contribution in [0.2, 0.25) is 0 Å². The monoisotopic (exact) mass is 301 g/mol. The van der Waals surface area contributed by atoms with Crippen LogP contribution >= 0.6 is 11.6 Å². The Balaban J connectivity index is 2.77. The van der Waals surface area contributed by atoms with Crippen molar-refractivity contribution in [1.82, 2.24) is 4.90 Å². The second kappa shape index (κ2) is 7.46. The molecule has 20 heavy (non-hydrogen) atoms. The summed E-state index contributed by atoms with van der Waals surface area (Å²) < 4.78 is 5.05. The van der Waals surface area contributed by atoms with Gasteiger partial charge in [-0.15, -0.1) is 11.6 Å². The Kier molecular flexibility index (Phi) is 6.53. The first kappa shape index (κ1) is 17.5. The molecule has 0 saturated heterocycles. The molecule has 0 aromatic heterocycles. The molecule has 1 aliphatic carbocycles. The van der Waals surface area contributed by atoms with Gasteiger partial charge in [0.15, 0.2) is 0 Å². The first-order valence-corrected chi connectivity index (χ1v) is 7.86. The highest BCUT2D eigenvalue weighted by Crippen LogP contribution is 2.40. The molecule has 0 N–H and O–H groups in total. The third-order valence-electron chi connectivity index (χ3n) is 3.86. The van der Waals surface area contributed by atoms with Crippen LogP contribution in [0.15, 0.2) is 11.6 Å². The summed E-state index contributed by atoms with van der Waals surface area (Å²) in [6, 6.07) is 0. The molecular formula is C16H28ClNO2. The highest BCUT2D eigenvalue weighted by molar-refractivity contribution is 6.32. The number of amides is 1. The maximum atomic E-state index is 12.5. The number of nitrogens with zero attached hydrogens (tertiary/aromatic N) is 1. The second-order valence-corrected chi connectivity index (χ2v) is 6.97. The average molecular weight is 302 g/mol.